The quantitative estimate of drug-likeness (QED) is 0.635. The lowest BCUT2D eigenvalue weighted by Crippen LogP contribution is -2.54. The van der Waals surface area contributed by atoms with Crippen LogP contribution in [0.25, 0.3) is 0 Å². The minimum absolute atomic E-state index is 0.854. The SMILES string of the molecule is IS(N1CCOCC1)(N1CCOCC1)N1CCOCC1. The molecule has 8 heteroatoms. The standard InChI is InChI=1S/C12H24IN3O3S/c13-20(14-1-7-17-8-2-14,15-3-9-18-10-4-15)16-5-11-19-12-6-16/h1-12H2. The van der Waals surface area contributed by atoms with Gasteiger partial charge in [-0.2, -0.15) is 0 Å². The fourth-order valence-corrected chi connectivity index (χ4v) is 9.19. The fraction of sp³-hybridized carbons (Fsp3) is 1.00. The normalized spacial score (nSPS) is 29.4. The van der Waals surface area contributed by atoms with Gasteiger partial charge in [0, 0.05) is 60.5 Å². The van der Waals surface area contributed by atoms with Crippen molar-refractivity contribution in [3.05, 3.63) is 0 Å². The molecule has 0 bridgehead atoms. The highest BCUT2D eigenvalue weighted by Gasteiger charge is 2.42. The van der Waals surface area contributed by atoms with Gasteiger partial charge in [0.2, 0.25) is 0 Å². The summed E-state index contributed by atoms with van der Waals surface area (Å²) in [6, 6.07) is 0. The summed E-state index contributed by atoms with van der Waals surface area (Å²) in [6.45, 7) is 11.3. The van der Waals surface area contributed by atoms with Crippen molar-refractivity contribution in [3.8, 4) is 0 Å². The van der Waals surface area contributed by atoms with E-state index in [4.69, 9.17) is 14.2 Å². The van der Waals surface area contributed by atoms with Gasteiger partial charge in [-0.3, -0.25) is 0 Å². The van der Waals surface area contributed by atoms with Crippen LogP contribution < -0.4 is 0 Å². The molecule has 118 valence electrons. The van der Waals surface area contributed by atoms with Crippen LogP contribution in [0.5, 0.6) is 0 Å². The first-order valence-corrected chi connectivity index (χ1v) is 11.4. The Morgan fingerprint density at radius 2 is 0.800 bits per heavy atom. The largest absolute Gasteiger partial charge is 0.379 e. The second-order valence-electron chi connectivity index (χ2n) is 5.08. The van der Waals surface area contributed by atoms with Crippen LogP contribution in [0.2, 0.25) is 0 Å². The highest BCUT2D eigenvalue weighted by atomic mass is 127. The summed E-state index contributed by atoms with van der Waals surface area (Å²) < 4.78 is 24.6. The lowest BCUT2D eigenvalue weighted by atomic mass is 10.5. The van der Waals surface area contributed by atoms with Crippen LogP contribution in [-0.2, 0) is 14.2 Å². The number of hydrogen-bond donors (Lipinski definition) is 0. The number of halogens is 1. The average molecular weight is 417 g/mol. The summed E-state index contributed by atoms with van der Waals surface area (Å²) in [4.78, 5) is 0. The molecule has 0 amide bonds. The Kier molecular flexibility index (Phi) is 5.82. The van der Waals surface area contributed by atoms with Crippen molar-refractivity contribution < 1.29 is 14.2 Å². The highest BCUT2D eigenvalue weighted by Crippen LogP contribution is 2.65. The molecule has 3 heterocycles. The molecule has 6 nitrogen and oxygen atoms in total. The number of morpholine rings is 3. The van der Waals surface area contributed by atoms with E-state index >= 15 is 0 Å². The van der Waals surface area contributed by atoms with Gasteiger partial charge in [0.15, 0.2) is 0 Å². The van der Waals surface area contributed by atoms with E-state index in [-0.39, 0.29) is 0 Å². The predicted octanol–water partition coefficient (Wildman–Crippen LogP) is 0.883. The van der Waals surface area contributed by atoms with E-state index in [0.717, 1.165) is 78.9 Å². The minimum Gasteiger partial charge on any atom is -0.379 e. The zero-order chi connectivity index (χ0) is 13.8. The number of nitrogens with zero attached hydrogens (tertiary/aromatic N) is 3. The van der Waals surface area contributed by atoms with Crippen LogP contribution in [-0.4, -0.2) is 91.8 Å². The Morgan fingerprint density at radius 3 is 1.05 bits per heavy atom. The molecule has 3 saturated heterocycles. The molecular formula is C12H24IN3O3S. The molecule has 3 rings (SSSR count). The molecule has 20 heavy (non-hydrogen) atoms. The van der Waals surface area contributed by atoms with Crippen molar-refractivity contribution in [2.45, 2.75) is 0 Å². The zero-order valence-electron chi connectivity index (χ0n) is 11.8. The molecule has 0 aromatic heterocycles. The molecule has 0 aromatic rings. The third-order valence-corrected chi connectivity index (χ3v) is 12.0. The van der Waals surface area contributed by atoms with Gasteiger partial charge in [-0.1, -0.05) is 0 Å². The van der Waals surface area contributed by atoms with Crippen molar-refractivity contribution in [3.63, 3.8) is 0 Å². The van der Waals surface area contributed by atoms with Crippen molar-refractivity contribution in [2.75, 3.05) is 78.9 Å². The Morgan fingerprint density at radius 1 is 0.550 bits per heavy atom. The lowest BCUT2D eigenvalue weighted by molar-refractivity contribution is 0.0456. The van der Waals surface area contributed by atoms with E-state index < -0.39 is 7.76 Å². The van der Waals surface area contributed by atoms with Crippen LogP contribution >= 0.6 is 29.0 Å². The Labute approximate surface area is 135 Å². The molecule has 0 aliphatic carbocycles. The van der Waals surface area contributed by atoms with Gasteiger partial charge in [-0.05, 0) is 7.76 Å². The second-order valence-corrected chi connectivity index (χ2v) is 11.1. The van der Waals surface area contributed by atoms with Crippen molar-refractivity contribution in [1.82, 2.24) is 12.9 Å². The highest BCUT2D eigenvalue weighted by molar-refractivity contribution is 14.2. The van der Waals surface area contributed by atoms with Crippen LogP contribution in [0.15, 0.2) is 0 Å². The molecule has 3 aliphatic rings. The van der Waals surface area contributed by atoms with Gasteiger partial charge in [-0.25, -0.2) is 12.9 Å². The fourth-order valence-electron chi connectivity index (χ4n) is 2.83. The second kappa shape index (κ2) is 7.40. The van der Waals surface area contributed by atoms with E-state index in [0.29, 0.717) is 0 Å². The minimum atomic E-state index is -1.11. The van der Waals surface area contributed by atoms with Crippen molar-refractivity contribution in [2.24, 2.45) is 0 Å². The van der Waals surface area contributed by atoms with E-state index in [2.05, 4.69) is 34.1 Å². The number of ether oxygens (including phenoxy) is 3. The van der Waals surface area contributed by atoms with Crippen LogP contribution in [0.4, 0.5) is 0 Å². The molecule has 0 radical (unpaired) electrons. The third-order valence-electron chi connectivity index (χ3n) is 3.90. The van der Waals surface area contributed by atoms with Crippen molar-refractivity contribution in [1.29, 1.82) is 0 Å². The maximum absolute atomic E-state index is 5.55. The molecule has 0 unspecified atom stereocenters. The first-order valence-electron chi connectivity index (χ1n) is 7.33. The van der Waals surface area contributed by atoms with Gasteiger partial charge in [-0.15, -0.1) is 0 Å². The lowest BCUT2D eigenvalue weighted by Gasteiger charge is -2.58. The zero-order valence-corrected chi connectivity index (χ0v) is 14.8. The summed E-state index contributed by atoms with van der Waals surface area (Å²) in [6.07, 6.45) is 0. The van der Waals surface area contributed by atoms with Gasteiger partial charge in [0.05, 0.1) is 39.6 Å². The third kappa shape index (κ3) is 3.27. The van der Waals surface area contributed by atoms with Crippen LogP contribution in [0.3, 0.4) is 0 Å². The summed E-state index contributed by atoms with van der Waals surface area (Å²) >= 11 is 2.73. The maximum Gasteiger partial charge on any atom is 0.0604 e. The van der Waals surface area contributed by atoms with E-state index in [9.17, 15) is 0 Å². The Hall–Kier alpha value is 0.840. The summed E-state index contributed by atoms with van der Waals surface area (Å²) in [5.74, 6) is 0. The summed E-state index contributed by atoms with van der Waals surface area (Å²) in [5.41, 5.74) is 0. The Balaban J connectivity index is 1.79. The molecule has 0 N–H and O–H groups in total. The van der Waals surface area contributed by atoms with Crippen LogP contribution in [0, 0.1) is 0 Å². The maximum atomic E-state index is 5.55. The molecule has 3 fully saturated rings. The van der Waals surface area contributed by atoms with E-state index in [1.807, 2.05) is 0 Å². The van der Waals surface area contributed by atoms with Gasteiger partial charge in [0.25, 0.3) is 0 Å². The smallest absolute Gasteiger partial charge is 0.0604 e. The molecule has 0 spiro atoms. The summed E-state index contributed by atoms with van der Waals surface area (Å²) in [7, 11) is -1.11. The molecular weight excluding hydrogens is 393 g/mol. The van der Waals surface area contributed by atoms with E-state index in [1.54, 1.807) is 0 Å². The predicted molar refractivity (Wildman–Crippen MR) is 88.8 cm³/mol. The first kappa shape index (κ1) is 15.7. The van der Waals surface area contributed by atoms with Gasteiger partial charge >= 0.3 is 0 Å². The number of hydrogen-bond acceptors (Lipinski definition) is 6. The van der Waals surface area contributed by atoms with Crippen molar-refractivity contribution >= 4 is 29.0 Å². The Bertz CT molecular complexity index is 263. The molecule has 0 atom stereocenters. The summed E-state index contributed by atoms with van der Waals surface area (Å²) in [5, 5.41) is 0. The topological polar surface area (TPSA) is 37.4 Å². The van der Waals surface area contributed by atoms with Gasteiger partial charge in [0.1, 0.15) is 0 Å². The first-order chi connectivity index (χ1) is 9.82. The number of rotatable bonds is 3. The molecule has 0 aromatic carbocycles. The monoisotopic (exact) mass is 417 g/mol. The molecule has 3 aliphatic heterocycles. The van der Waals surface area contributed by atoms with Crippen LogP contribution in [0.1, 0.15) is 0 Å². The molecule has 0 saturated carbocycles. The van der Waals surface area contributed by atoms with Gasteiger partial charge < -0.3 is 14.2 Å². The van der Waals surface area contributed by atoms with E-state index in [1.165, 1.54) is 0 Å². The average Bonchev–Trinajstić information content (AvgIpc) is 2.56.